The van der Waals surface area contributed by atoms with E-state index >= 15 is 0 Å². The van der Waals surface area contributed by atoms with Crippen LogP contribution >= 0.6 is 0 Å². The Morgan fingerprint density at radius 1 is 1.17 bits per heavy atom. The highest BCUT2D eigenvalue weighted by molar-refractivity contribution is 5.89. The third kappa shape index (κ3) is 4.87. The lowest BCUT2D eigenvalue weighted by Gasteiger charge is -2.02. The van der Waals surface area contributed by atoms with Crippen molar-refractivity contribution >= 4 is 5.97 Å². The molecule has 0 bridgehead atoms. The zero-order valence-corrected chi connectivity index (χ0v) is 10.8. The van der Waals surface area contributed by atoms with Gasteiger partial charge >= 0.3 is 5.97 Å². The highest BCUT2D eigenvalue weighted by atomic mass is 16.5. The lowest BCUT2D eigenvalue weighted by Crippen LogP contribution is -2.03. The van der Waals surface area contributed by atoms with Gasteiger partial charge in [0.25, 0.3) is 0 Å². The Hall–Kier alpha value is -2.03. The van der Waals surface area contributed by atoms with Crippen molar-refractivity contribution in [3.63, 3.8) is 0 Å². The quantitative estimate of drug-likeness (QED) is 0.767. The number of carbonyl (C=O) groups is 1. The number of ether oxygens (including phenoxy) is 2. The number of rotatable bonds is 3. The summed E-state index contributed by atoms with van der Waals surface area (Å²) in [5.74, 6) is 0.429. The molecule has 1 aliphatic rings. The van der Waals surface area contributed by atoms with E-state index in [0.717, 1.165) is 12.2 Å². The molecule has 1 aromatic rings. The van der Waals surface area contributed by atoms with Crippen LogP contribution in [-0.4, -0.2) is 19.7 Å². The van der Waals surface area contributed by atoms with Crippen LogP contribution in [0.3, 0.4) is 0 Å². The van der Waals surface area contributed by atoms with E-state index in [1.807, 2.05) is 0 Å². The maximum atomic E-state index is 11.2. The minimum atomic E-state index is -0.301. The van der Waals surface area contributed by atoms with Crippen molar-refractivity contribution in [2.75, 3.05) is 13.7 Å². The van der Waals surface area contributed by atoms with Gasteiger partial charge in [0, 0.05) is 0 Å². The molecular formula is C15H18O3. The van der Waals surface area contributed by atoms with Crippen LogP contribution < -0.4 is 4.74 Å². The lowest BCUT2D eigenvalue weighted by molar-refractivity contribution is 0.0526. The van der Waals surface area contributed by atoms with Gasteiger partial charge in [0.1, 0.15) is 5.75 Å². The number of carbonyl (C=O) groups excluding carboxylic acids is 1. The first kappa shape index (κ1) is 14.0. The molecule has 0 aliphatic heterocycles. The van der Waals surface area contributed by atoms with Crippen LogP contribution in [0.5, 0.6) is 5.75 Å². The highest BCUT2D eigenvalue weighted by Crippen LogP contribution is 2.11. The Kier molecular flexibility index (Phi) is 6.33. The molecule has 0 saturated heterocycles. The van der Waals surface area contributed by atoms with Crippen molar-refractivity contribution in [2.24, 2.45) is 0 Å². The Bertz CT molecular complexity index is 406. The standard InChI is InChI=1S/C10H12O3.C5H6/c1-3-13-10(11)8-4-6-9(12-2)7-5-8;1-2-4-5-3-1/h4-7H,3H2,1-2H3;1-4H,5H2. The van der Waals surface area contributed by atoms with Crippen molar-refractivity contribution in [1.82, 2.24) is 0 Å². The number of hydrogen-bond acceptors (Lipinski definition) is 3. The second kappa shape index (κ2) is 8.12. The molecule has 0 fully saturated rings. The summed E-state index contributed by atoms with van der Waals surface area (Å²) in [5, 5.41) is 0. The van der Waals surface area contributed by atoms with Gasteiger partial charge < -0.3 is 9.47 Å². The first-order chi connectivity index (χ1) is 8.77. The summed E-state index contributed by atoms with van der Waals surface area (Å²) in [4.78, 5) is 11.2. The van der Waals surface area contributed by atoms with Gasteiger partial charge in [-0.15, -0.1) is 0 Å². The van der Waals surface area contributed by atoms with Gasteiger partial charge in [-0.1, -0.05) is 24.3 Å². The van der Waals surface area contributed by atoms with Crippen LogP contribution in [-0.2, 0) is 4.74 Å². The molecule has 0 saturated carbocycles. The van der Waals surface area contributed by atoms with Crippen LogP contribution in [0.25, 0.3) is 0 Å². The van der Waals surface area contributed by atoms with E-state index in [-0.39, 0.29) is 5.97 Å². The second-order valence-corrected chi connectivity index (χ2v) is 3.54. The summed E-state index contributed by atoms with van der Waals surface area (Å²) in [6, 6.07) is 6.81. The zero-order chi connectivity index (χ0) is 13.2. The molecular weight excluding hydrogens is 228 g/mol. The molecule has 0 unspecified atom stereocenters. The van der Waals surface area contributed by atoms with Gasteiger partial charge in [0.05, 0.1) is 19.3 Å². The van der Waals surface area contributed by atoms with Crippen LogP contribution in [0.1, 0.15) is 23.7 Å². The average Bonchev–Trinajstić information content (AvgIpc) is 2.98. The monoisotopic (exact) mass is 246 g/mol. The van der Waals surface area contributed by atoms with Gasteiger partial charge in [0.2, 0.25) is 0 Å². The van der Waals surface area contributed by atoms with Crippen LogP contribution in [0.4, 0.5) is 0 Å². The minimum Gasteiger partial charge on any atom is -0.497 e. The van der Waals surface area contributed by atoms with Crippen molar-refractivity contribution in [3.8, 4) is 5.75 Å². The molecule has 0 radical (unpaired) electrons. The van der Waals surface area contributed by atoms with E-state index in [1.54, 1.807) is 38.3 Å². The van der Waals surface area contributed by atoms with E-state index in [9.17, 15) is 4.79 Å². The Balaban J connectivity index is 0.000000269. The fourth-order valence-electron chi connectivity index (χ4n) is 1.33. The van der Waals surface area contributed by atoms with Crippen molar-refractivity contribution in [2.45, 2.75) is 13.3 Å². The van der Waals surface area contributed by atoms with E-state index < -0.39 is 0 Å². The minimum absolute atomic E-state index is 0.301. The van der Waals surface area contributed by atoms with Gasteiger partial charge in [0.15, 0.2) is 0 Å². The van der Waals surface area contributed by atoms with Crippen LogP contribution in [0.15, 0.2) is 48.6 Å². The van der Waals surface area contributed by atoms with E-state index in [0.29, 0.717) is 12.2 Å². The molecule has 0 atom stereocenters. The first-order valence-corrected chi connectivity index (χ1v) is 5.90. The van der Waals surface area contributed by atoms with Crippen LogP contribution in [0.2, 0.25) is 0 Å². The van der Waals surface area contributed by atoms with E-state index in [1.165, 1.54) is 0 Å². The fourth-order valence-corrected chi connectivity index (χ4v) is 1.33. The molecule has 0 spiro atoms. The van der Waals surface area contributed by atoms with Crippen molar-refractivity contribution in [1.29, 1.82) is 0 Å². The van der Waals surface area contributed by atoms with Gasteiger partial charge in [-0.05, 0) is 37.6 Å². The number of allylic oxidation sites excluding steroid dienone is 4. The smallest absolute Gasteiger partial charge is 0.338 e. The van der Waals surface area contributed by atoms with Crippen LogP contribution in [0, 0.1) is 0 Å². The van der Waals surface area contributed by atoms with E-state index in [2.05, 4.69) is 24.3 Å². The fraction of sp³-hybridized carbons (Fsp3) is 0.267. The molecule has 2 rings (SSSR count). The molecule has 0 N–H and O–H groups in total. The van der Waals surface area contributed by atoms with Gasteiger partial charge in [-0.2, -0.15) is 0 Å². The Labute approximate surface area is 108 Å². The number of methoxy groups -OCH3 is 1. The second-order valence-electron chi connectivity index (χ2n) is 3.54. The van der Waals surface area contributed by atoms with E-state index in [4.69, 9.17) is 9.47 Å². The Morgan fingerprint density at radius 2 is 1.78 bits per heavy atom. The normalized spacial score (nSPS) is 11.7. The molecule has 1 aliphatic carbocycles. The third-order valence-electron chi connectivity index (χ3n) is 2.26. The molecule has 0 aromatic heterocycles. The number of hydrogen-bond donors (Lipinski definition) is 0. The molecule has 0 amide bonds. The summed E-state index contributed by atoms with van der Waals surface area (Å²) in [6.45, 7) is 2.17. The predicted molar refractivity (Wildman–Crippen MR) is 71.8 cm³/mol. The lowest BCUT2D eigenvalue weighted by atomic mass is 10.2. The van der Waals surface area contributed by atoms with Crippen molar-refractivity contribution < 1.29 is 14.3 Å². The zero-order valence-electron chi connectivity index (χ0n) is 10.8. The summed E-state index contributed by atoms with van der Waals surface area (Å²) in [5.41, 5.74) is 0.544. The molecule has 1 aromatic carbocycles. The number of esters is 1. The SMILES string of the molecule is C1=CCC=C1.CCOC(=O)c1ccc(OC)cc1. The topological polar surface area (TPSA) is 35.5 Å². The number of benzene rings is 1. The molecule has 18 heavy (non-hydrogen) atoms. The maximum Gasteiger partial charge on any atom is 0.338 e. The molecule has 3 nitrogen and oxygen atoms in total. The van der Waals surface area contributed by atoms with Gasteiger partial charge in [-0.25, -0.2) is 4.79 Å². The van der Waals surface area contributed by atoms with Crippen molar-refractivity contribution in [3.05, 3.63) is 54.1 Å². The summed E-state index contributed by atoms with van der Waals surface area (Å²) in [6.07, 6.45) is 9.50. The molecule has 0 heterocycles. The predicted octanol–water partition coefficient (Wildman–Crippen LogP) is 3.37. The summed E-state index contributed by atoms with van der Waals surface area (Å²) in [7, 11) is 1.58. The highest BCUT2D eigenvalue weighted by Gasteiger charge is 2.04. The summed E-state index contributed by atoms with van der Waals surface area (Å²) >= 11 is 0. The largest absolute Gasteiger partial charge is 0.497 e. The summed E-state index contributed by atoms with van der Waals surface area (Å²) < 4.78 is 9.78. The van der Waals surface area contributed by atoms with Gasteiger partial charge in [-0.3, -0.25) is 0 Å². The molecule has 96 valence electrons. The Morgan fingerprint density at radius 3 is 2.17 bits per heavy atom. The maximum absolute atomic E-state index is 11.2. The first-order valence-electron chi connectivity index (χ1n) is 5.90. The molecule has 3 heteroatoms. The third-order valence-corrected chi connectivity index (χ3v) is 2.26. The average molecular weight is 246 g/mol.